The Bertz CT molecular complexity index is 955. The fourth-order valence-corrected chi connectivity index (χ4v) is 3.17. The van der Waals surface area contributed by atoms with Crippen molar-refractivity contribution in [3.05, 3.63) is 51.5 Å². The molecule has 0 unspecified atom stereocenters. The third-order valence-corrected chi connectivity index (χ3v) is 4.74. The molecule has 1 aromatic carbocycles. The lowest BCUT2D eigenvalue weighted by Gasteiger charge is -2.12. The van der Waals surface area contributed by atoms with Gasteiger partial charge in [-0.15, -0.1) is 0 Å². The standard InChI is InChI=1S/C19H19FIN3O2/c1-3-4-10-26-19(25)16-13-6-5-9-22-17(13)24(2)18(16)23-15-8-7-12(21)11-14(15)20/h5-9,11,23H,3-4,10H2,1-2H3. The first kappa shape index (κ1) is 18.6. The number of aryl methyl sites for hydroxylation is 1. The Hall–Kier alpha value is -2.16. The molecule has 1 N–H and O–H groups in total. The first-order valence-electron chi connectivity index (χ1n) is 8.35. The van der Waals surface area contributed by atoms with Gasteiger partial charge in [0.05, 0.1) is 12.3 Å². The number of halogens is 2. The van der Waals surface area contributed by atoms with Crippen LogP contribution in [0.3, 0.4) is 0 Å². The van der Waals surface area contributed by atoms with Crippen molar-refractivity contribution < 1.29 is 13.9 Å². The second-order valence-corrected chi connectivity index (χ2v) is 7.14. The lowest BCUT2D eigenvalue weighted by molar-refractivity contribution is 0.0503. The van der Waals surface area contributed by atoms with Crippen LogP contribution in [0.4, 0.5) is 15.9 Å². The zero-order valence-corrected chi connectivity index (χ0v) is 16.7. The second-order valence-electron chi connectivity index (χ2n) is 5.90. The van der Waals surface area contributed by atoms with Gasteiger partial charge in [0.1, 0.15) is 22.8 Å². The van der Waals surface area contributed by atoms with Crippen LogP contribution in [0.15, 0.2) is 36.5 Å². The molecule has 136 valence electrons. The average Bonchev–Trinajstić information content (AvgIpc) is 2.90. The van der Waals surface area contributed by atoms with Crippen LogP contribution in [0, 0.1) is 9.39 Å². The maximum absolute atomic E-state index is 14.3. The lowest BCUT2D eigenvalue weighted by atomic mass is 10.2. The van der Waals surface area contributed by atoms with Crippen molar-refractivity contribution in [2.75, 3.05) is 11.9 Å². The van der Waals surface area contributed by atoms with Crippen LogP contribution in [-0.4, -0.2) is 22.1 Å². The highest BCUT2D eigenvalue weighted by Gasteiger charge is 2.24. The molecular formula is C19H19FIN3O2. The van der Waals surface area contributed by atoms with Crippen molar-refractivity contribution in [1.82, 2.24) is 9.55 Å². The first-order valence-corrected chi connectivity index (χ1v) is 9.43. The summed E-state index contributed by atoms with van der Waals surface area (Å²) in [6.07, 6.45) is 3.39. The van der Waals surface area contributed by atoms with Crippen LogP contribution < -0.4 is 5.32 Å². The van der Waals surface area contributed by atoms with Gasteiger partial charge in [-0.1, -0.05) is 13.3 Å². The first-order chi connectivity index (χ1) is 12.5. The molecule has 0 bridgehead atoms. The molecule has 0 fully saturated rings. The fraction of sp³-hybridized carbons (Fsp3) is 0.263. The Balaban J connectivity index is 2.06. The minimum atomic E-state index is -0.439. The Morgan fingerprint density at radius 2 is 2.19 bits per heavy atom. The largest absolute Gasteiger partial charge is 0.462 e. The number of carbonyl (C=O) groups is 1. The number of fused-ring (bicyclic) bond motifs is 1. The molecule has 0 aliphatic rings. The van der Waals surface area contributed by atoms with Crippen LogP contribution in [-0.2, 0) is 11.8 Å². The van der Waals surface area contributed by atoms with E-state index in [0.717, 1.165) is 16.4 Å². The van der Waals surface area contributed by atoms with Crippen molar-refractivity contribution in [3.63, 3.8) is 0 Å². The lowest BCUT2D eigenvalue weighted by Crippen LogP contribution is -2.10. The number of unbranched alkanes of at least 4 members (excludes halogenated alkanes) is 1. The predicted molar refractivity (Wildman–Crippen MR) is 108 cm³/mol. The van der Waals surface area contributed by atoms with E-state index in [9.17, 15) is 9.18 Å². The minimum absolute atomic E-state index is 0.291. The van der Waals surface area contributed by atoms with E-state index in [2.05, 4.69) is 32.9 Å². The van der Waals surface area contributed by atoms with Crippen molar-refractivity contribution in [2.24, 2.45) is 7.05 Å². The monoisotopic (exact) mass is 467 g/mol. The number of hydrogen-bond acceptors (Lipinski definition) is 4. The number of carbonyl (C=O) groups excluding carboxylic acids is 1. The van der Waals surface area contributed by atoms with E-state index in [0.29, 0.717) is 34.7 Å². The summed E-state index contributed by atoms with van der Waals surface area (Å²) < 4.78 is 22.2. The Morgan fingerprint density at radius 3 is 2.92 bits per heavy atom. The number of pyridine rings is 1. The smallest absolute Gasteiger partial charge is 0.342 e. The third kappa shape index (κ3) is 3.67. The van der Waals surface area contributed by atoms with Crippen LogP contribution in [0.1, 0.15) is 30.1 Å². The molecule has 26 heavy (non-hydrogen) atoms. The summed E-state index contributed by atoms with van der Waals surface area (Å²) in [6.45, 7) is 2.38. The maximum atomic E-state index is 14.3. The number of aromatic nitrogens is 2. The summed E-state index contributed by atoms with van der Waals surface area (Å²) in [5.74, 6) is -0.369. The number of nitrogens with one attached hydrogen (secondary N) is 1. The van der Waals surface area contributed by atoms with Gasteiger partial charge in [-0.2, -0.15) is 0 Å². The number of benzene rings is 1. The topological polar surface area (TPSA) is 56.1 Å². The van der Waals surface area contributed by atoms with E-state index < -0.39 is 5.97 Å². The van der Waals surface area contributed by atoms with Crippen molar-refractivity contribution in [3.8, 4) is 0 Å². The van der Waals surface area contributed by atoms with Crippen molar-refractivity contribution in [1.29, 1.82) is 0 Å². The van der Waals surface area contributed by atoms with E-state index in [1.807, 2.05) is 13.0 Å². The van der Waals surface area contributed by atoms with Gasteiger partial charge in [0.2, 0.25) is 0 Å². The highest BCUT2D eigenvalue weighted by Crippen LogP contribution is 2.32. The normalized spacial score (nSPS) is 10.9. The molecule has 0 saturated carbocycles. The Labute approximate surface area is 164 Å². The average molecular weight is 467 g/mol. The van der Waals surface area contributed by atoms with Crippen LogP contribution in [0.25, 0.3) is 11.0 Å². The van der Waals surface area contributed by atoms with Crippen molar-refractivity contribution >= 4 is 51.1 Å². The molecule has 0 aliphatic carbocycles. The highest BCUT2D eigenvalue weighted by molar-refractivity contribution is 14.1. The summed E-state index contributed by atoms with van der Waals surface area (Å²) in [4.78, 5) is 17.0. The number of esters is 1. The molecule has 5 nitrogen and oxygen atoms in total. The molecule has 2 heterocycles. The fourth-order valence-electron chi connectivity index (χ4n) is 2.71. The molecule has 0 aliphatic heterocycles. The van der Waals surface area contributed by atoms with E-state index in [1.54, 1.807) is 36.0 Å². The SMILES string of the molecule is CCCCOC(=O)c1c(Nc2ccc(I)cc2F)n(C)c2ncccc12. The summed E-state index contributed by atoms with van der Waals surface area (Å²) in [5, 5.41) is 3.71. The molecular weight excluding hydrogens is 448 g/mol. The Kier molecular flexibility index (Phi) is 5.75. The maximum Gasteiger partial charge on any atom is 0.342 e. The number of hydrogen-bond donors (Lipinski definition) is 1. The van der Waals surface area contributed by atoms with Crippen LogP contribution in [0.5, 0.6) is 0 Å². The van der Waals surface area contributed by atoms with Gasteiger partial charge >= 0.3 is 5.97 Å². The molecule has 0 amide bonds. The quantitative estimate of drug-likeness (QED) is 0.315. The predicted octanol–water partition coefficient (Wildman–Crippen LogP) is 5.02. The second kappa shape index (κ2) is 8.03. The van der Waals surface area contributed by atoms with Crippen molar-refractivity contribution in [2.45, 2.75) is 19.8 Å². The summed E-state index contributed by atoms with van der Waals surface area (Å²) in [7, 11) is 1.78. The zero-order chi connectivity index (χ0) is 18.7. The summed E-state index contributed by atoms with van der Waals surface area (Å²) in [5.41, 5.74) is 1.28. The van der Waals surface area contributed by atoms with Gasteiger partial charge in [0, 0.05) is 22.2 Å². The Morgan fingerprint density at radius 1 is 1.38 bits per heavy atom. The van der Waals surface area contributed by atoms with E-state index >= 15 is 0 Å². The number of anilines is 2. The number of ether oxygens (including phenoxy) is 1. The molecule has 0 saturated heterocycles. The highest BCUT2D eigenvalue weighted by atomic mass is 127. The summed E-state index contributed by atoms with van der Waals surface area (Å²) in [6, 6.07) is 8.46. The van der Waals surface area contributed by atoms with Gasteiger partial charge in [-0.3, -0.25) is 0 Å². The summed E-state index contributed by atoms with van der Waals surface area (Å²) >= 11 is 2.05. The van der Waals surface area contributed by atoms with Gasteiger partial charge in [-0.25, -0.2) is 14.2 Å². The molecule has 0 spiro atoms. The molecule has 0 radical (unpaired) electrons. The van der Waals surface area contributed by atoms with Gasteiger partial charge in [0.15, 0.2) is 0 Å². The van der Waals surface area contributed by atoms with E-state index in [1.165, 1.54) is 6.07 Å². The van der Waals surface area contributed by atoms with E-state index in [-0.39, 0.29) is 5.82 Å². The molecule has 7 heteroatoms. The van der Waals surface area contributed by atoms with Gasteiger partial charge < -0.3 is 14.6 Å². The molecule has 3 aromatic rings. The minimum Gasteiger partial charge on any atom is -0.462 e. The molecule has 2 aromatic heterocycles. The molecule has 0 atom stereocenters. The van der Waals surface area contributed by atoms with Gasteiger partial charge in [0.25, 0.3) is 0 Å². The number of nitrogens with zero attached hydrogens (tertiary/aromatic N) is 2. The third-order valence-electron chi connectivity index (χ3n) is 4.07. The number of rotatable bonds is 6. The van der Waals surface area contributed by atoms with Gasteiger partial charge in [-0.05, 0) is 59.3 Å². The molecule has 3 rings (SSSR count). The van der Waals surface area contributed by atoms with E-state index in [4.69, 9.17) is 4.74 Å². The zero-order valence-electron chi connectivity index (χ0n) is 14.6. The van der Waals surface area contributed by atoms with Crippen LogP contribution >= 0.6 is 22.6 Å². The van der Waals surface area contributed by atoms with Crippen LogP contribution in [0.2, 0.25) is 0 Å².